The molecule has 4 amide bonds. The van der Waals surface area contributed by atoms with Crippen LogP contribution in [0.15, 0.2) is 54.6 Å². The number of nitrogens with zero attached hydrogens (tertiary/aromatic N) is 3. The average molecular weight is 576 g/mol. The number of aryl methyl sites for hydroxylation is 1. The molecule has 2 aromatic carbocycles. The number of likely N-dealkylation sites (tertiary alicyclic amines) is 1. The number of carbonyl (C=O) groups excluding carboxylic acids is 2. The van der Waals surface area contributed by atoms with E-state index in [0.717, 1.165) is 29.8 Å². The first kappa shape index (κ1) is 29.9. The van der Waals surface area contributed by atoms with Crippen molar-refractivity contribution in [2.45, 2.75) is 46.0 Å². The first-order valence-electron chi connectivity index (χ1n) is 12.3. The third-order valence-electron chi connectivity index (χ3n) is 5.79. The van der Waals surface area contributed by atoms with E-state index in [-0.39, 0.29) is 11.4 Å². The van der Waals surface area contributed by atoms with E-state index in [1.807, 2.05) is 37.3 Å². The van der Waals surface area contributed by atoms with Gasteiger partial charge in [-0.3, -0.25) is 5.32 Å². The van der Waals surface area contributed by atoms with Crippen molar-refractivity contribution in [2.24, 2.45) is 5.14 Å². The lowest BCUT2D eigenvalue weighted by Gasteiger charge is -2.14. The Kier molecular flexibility index (Phi) is 9.59. The lowest BCUT2D eigenvalue weighted by atomic mass is 9.92. The van der Waals surface area contributed by atoms with Crippen molar-refractivity contribution in [3.05, 3.63) is 70.9 Å². The number of halogens is 1. The molecule has 2 heterocycles. The molecule has 13 heteroatoms. The molecule has 4 rings (SSSR count). The highest BCUT2D eigenvalue weighted by Crippen LogP contribution is 2.27. The largest absolute Gasteiger partial charge is 0.332 e. The van der Waals surface area contributed by atoms with Crippen LogP contribution < -0.4 is 20.5 Å². The van der Waals surface area contributed by atoms with Crippen LogP contribution in [-0.2, 0) is 15.6 Å². The normalized spacial score (nSPS) is 13.3. The van der Waals surface area contributed by atoms with Crippen LogP contribution in [0, 0.1) is 6.92 Å². The number of aromatic nitrogens is 2. The summed E-state index contributed by atoms with van der Waals surface area (Å²) in [4.78, 5) is 24.9. The second-order valence-electron chi connectivity index (χ2n) is 10.1. The molecule has 11 nitrogen and oxygen atoms in total. The van der Waals surface area contributed by atoms with Crippen molar-refractivity contribution in [2.75, 3.05) is 23.7 Å². The molecule has 0 saturated carbocycles. The first-order valence-corrected chi connectivity index (χ1v) is 14.2. The molecule has 3 aromatic rings. The quantitative estimate of drug-likeness (QED) is 0.353. The third kappa shape index (κ3) is 8.98. The molecular formula is C26H34ClN7O4S. The van der Waals surface area contributed by atoms with Gasteiger partial charge >= 0.3 is 12.1 Å². The van der Waals surface area contributed by atoms with E-state index in [2.05, 4.69) is 36.5 Å². The topological polar surface area (TPSA) is 151 Å². The Labute approximate surface area is 233 Å². The molecule has 1 aliphatic rings. The average Bonchev–Trinajstić information content (AvgIpc) is 3.51. The summed E-state index contributed by atoms with van der Waals surface area (Å²) in [7, 11) is -3.90. The predicted molar refractivity (Wildman–Crippen MR) is 154 cm³/mol. The van der Waals surface area contributed by atoms with Gasteiger partial charge in [0.2, 0.25) is 0 Å². The Morgan fingerprint density at radius 2 is 1.62 bits per heavy atom. The monoisotopic (exact) mass is 575 g/mol. The van der Waals surface area contributed by atoms with Gasteiger partial charge in [0.15, 0.2) is 0 Å². The van der Waals surface area contributed by atoms with E-state index in [9.17, 15) is 18.0 Å². The Morgan fingerprint density at radius 3 is 2.18 bits per heavy atom. The van der Waals surface area contributed by atoms with Crippen molar-refractivity contribution in [3.8, 4) is 5.69 Å². The molecule has 1 aliphatic heterocycles. The summed E-state index contributed by atoms with van der Waals surface area (Å²) in [5, 5.41) is 15.7. The molecule has 39 heavy (non-hydrogen) atoms. The van der Waals surface area contributed by atoms with Crippen LogP contribution in [0.25, 0.3) is 5.69 Å². The zero-order valence-corrected chi connectivity index (χ0v) is 23.9. The minimum Gasteiger partial charge on any atom is -0.324 e. The van der Waals surface area contributed by atoms with E-state index >= 15 is 0 Å². The van der Waals surface area contributed by atoms with Crippen molar-refractivity contribution >= 4 is 45.4 Å². The molecular weight excluding hydrogens is 542 g/mol. The number of nitrogens with two attached hydrogens (primary N) is 1. The number of hydrogen-bond donors (Lipinski definition) is 4. The van der Waals surface area contributed by atoms with Crippen LogP contribution in [0.5, 0.6) is 0 Å². The smallest absolute Gasteiger partial charge is 0.324 e. The molecule has 0 atom stereocenters. The number of para-hydroxylation sites is 1. The number of rotatable bonds is 4. The van der Waals surface area contributed by atoms with Crippen molar-refractivity contribution in [3.63, 3.8) is 0 Å². The number of nitrogens with one attached hydrogen (secondary N) is 3. The second kappa shape index (κ2) is 12.5. The van der Waals surface area contributed by atoms with E-state index < -0.39 is 16.2 Å². The van der Waals surface area contributed by atoms with E-state index in [4.69, 9.17) is 16.7 Å². The van der Waals surface area contributed by atoms with Gasteiger partial charge in [-0.25, -0.2) is 24.1 Å². The Balaban J connectivity index is 0.000000293. The Bertz CT molecular complexity index is 1410. The zero-order valence-electron chi connectivity index (χ0n) is 22.4. The summed E-state index contributed by atoms with van der Waals surface area (Å²) in [6.45, 7) is 9.49. The first-order chi connectivity index (χ1) is 18.2. The fourth-order valence-corrected chi connectivity index (χ4v) is 4.24. The predicted octanol–water partition coefficient (Wildman–Crippen LogP) is 4.77. The van der Waals surface area contributed by atoms with Crippen LogP contribution in [-0.4, -0.2) is 48.2 Å². The van der Waals surface area contributed by atoms with Crippen molar-refractivity contribution < 1.29 is 18.0 Å². The second-order valence-corrected chi connectivity index (χ2v) is 11.8. The van der Waals surface area contributed by atoms with E-state index in [1.54, 1.807) is 33.7 Å². The Hall–Kier alpha value is -3.61. The van der Waals surface area contributed by atoms with Gasteiger partial charge in [-0.05, 0) is 55.7 Å². The minimum absolute atomic E-state index is 0.142. The summed E-state index contributed by atoms with van der Waals surface area (Å²) in [6, 6.07) is 15.8. The van der Waals surface area contributed by atoms with Crippen LogP contribution in [0.2, 0.25) is 5.02 Å². The SMILES string of the molecule is Cc1ccccc1-n1nc(C(C)(C)C)cc1NC(=O)Nc1ccc(Cl)cc1.NS(=O)(=O)NC(=O)N1CCCC1. The number of anilines is 2. The molecule has 0 bridgehead atoms. The van der Waals surface area contributed by atoms with Gasteiger partial charge in [-0.2, -0.15) is 13.5 Å². The maximum Gasteiger partial charge on any atom is 0.332 e. The summed E-state index contributed by atoms with van der Waals surface area (Å²) in [5.74, 6) is 0.612. The van der Waals surface area contributed by atoms with Crippen molar-refractivity contribution in [1.82, 2.24) is 19.4 Å². The maximum absolute atomic E-state index is 12.5. The molecule has 0 radical (unpaired) electrons. The fraction of sp³-hybridized carbons (Fsp3) is 0.346. The van der Waals surface area contributed by atoms with Gasteiger partial charge < -0.3 is 10.2 Å². The van der Waals surface area contributed by atoms with Crippen molar-refractivity contribution in [1.29, 1.82) is 0 Å². The molecule has 0 spiro atoms. The van der Waals surface area contributed by atoms with Crippen LogP contribution in [0.1, 0.15) is 44.9 Å². The van der Waals surface area contributed by atoms with Crippen LogP contribution >= 0.6 is 11.6 Å². The highest BCUT2D eigenvalue weighted by molar-refractivity contribution is 7.87. The van der Waals surface area contributed by atoms with Gasteiger partial charge in [-0.15, -0.1) is 0 Å². The third-order valence-corrected chi connectivity index (χ3v) is 6.50. The lowest BCUT2D eigenvalue weighted by Crippen LogP contribution is -2.44. The van der Waals surface area contributed by atoms with Gasteiger partial charge in [-0.1, -0.05) is 50.6 Å². The van der Waals surface area contributed by atoms with Gasteiger partial charge in [0.1, 0.15) is 5.82 Å². The summed E-state index contributed by atoms with van der Waals surface area (Å²) >= 11 is 5.89. The number of amides is 4. The highest BCUT2D eigenvalue weighted by atomic mass is 35.5. The Morgan fingerprint density at radius 1 is 1.00 bits per heavy atom. The van der Waals surface area contributed by atoms with Gasteiger partial charge in [0.05, 0.1) is 11.4 Å². The lowest BCUT2D eigenvalue weighted by molar-refractivity contribution is 0.214. The van der Waals surface area contributed by atoms with Crippen LogP contribution in [0.4, 0.5) is 21.1 Å². The van der Waals surface area contributed by atoms with Gasteiger partial charge in [0.25, 0.3) is 10.2 Å². The summed E-state index contributed by atoms with van der Waals surface area (Å²) in [6.07, 6.45) is 1.83. The van der Waals surface area contributed by atoms with E-state index in [0.29, 0.717) is 29.6 Å². The molecule has 5 N–H and O–H groups in total. The minimum atomic E-state index is -3.90. The molecule has 0 aliphatic carbocycles. The summed E-state index contributed by atoms with van der Waals surface area (Å²) in [5.41, 5.74) is 3.41. The molecule has 1 aromatic heterocycles. The molecule has 0 unspecified atom stereocenters. The fourth-order valence-electron chi connectivity index (χ4n) is 3.74. The van der Waals surface area contributed by atoms with Crippen LogP contribution in [0.3, 0.4) is 0 Å². The zero-order chi connectivity index (χ0) is 28.8. The molecule has 1 fully saturated rings. The maximum atomic E-state index is 12.5. The van der Waals surface area contributed by atoms with Gasteiger partial charge in [0, 0.05) is 35.3 Å². The molecule has 1 saturated heterocycles. The number of carbonyl (C=O) groups is 2. The summed E-state index contributed by atoms with van der Waals surface area (Å²) < 4.78 is 24.3. The number of hydrogen-bond acceptors (Lipinski definition) is 5. The number of benzene rings is 2. The molecule has 210 valence electrons. The number of urea groups is 2. The van der Waals surface area contributed by atoms with E-state index in [1.165, 1.54) is 4.90 Å². The highest BCUT2D eigenvalue weighted by Gasteiger charge is 2.22. The standard InChI is InChI=1S/C21H23ClN4O.C5H11N3O3S/c1-14-7-5-6-8-17(14)26-19(13-18(25-26)21(2,3)4)24-20(27)23-16-11-9-15(22)10-12-16;6-12(10,11)7-5(9)8-3-1-2-4-8/h5-13H,1-4H3,(H2,23,24,27);1-4H2,(H,7,9)(H2,6,10,11).